The zero-order chi connectivity index (χ0) is 12.5. The molecule has 1 aliphatic heterocycles. The monoisotopic (exact) mass is 233 g/mol. The Morgan fingerprint density at radius 3 is 2.94 bits per heavy atom. The first-order chi connectivity index (χ1) is 7.96. The highest BCUT2D eigenvalue weighted by atomic mass is 15.2. The minimum absolute atomic E-state index is 0.205. The van der Waals surface area contributed by atoms with E-state index in [0.717, 1.165) is 25.3 Å². The summed E-state index contributed by atoms with van der Waals surface area (Å²) >= 11 is 0. The number of piperazine rings is 1. The largest absolute Gasteiger partial charge is 0.309 e. The lowest BCUT2D eigenvalue weighted by Gasteiger charge is -2.43. The predicted octanol–water partition coefficient (Wildman–Crippen LogP) is 1.96. The Morgan fingerprint density at radius 1 is 1.47 bits per heavy atom. The van der Waals surface area contributed by atoms with Crippen molar-refractivity contribution in [2.75, 3.05) is 13.1 Å². The van der Waals surface area contributed by atoms with E-state index in [9.17, 15) is 0 Å². The standard InChI is InChI=1S/C14H23N3/c1-11-6-5-7-13(16-11)9-17-10-14(3,4)15-8-12(17)2/h5-7,12,15H,8-10H2,1-4H3. The fraction of sp³-hybridized carbons (Fsp3) is 0.643. The summed E-state index contributed by atoms with van der Waals surface area (Å²) in [5.41, 5.74) is 2.48. The van der Waals surface area contributed by atoms with Crippen LogP contribution in [0.15, 0.2) is 18.2 Å². The number of pyridine rings is 1. The summed E-state index contributed by atoms with van der Waals surface area (Å²) in [6.45, 7) is 11.9. The van der Waals surface area contributed by atoms with Crippen LogP contribution < -0.4 is 5.32 Å². The third kappa shape index (κ3) is 3.27. The third-order valence-corrected chi connectivity index (χ3v) is 3.41. The Hall–Kier alpha value is -0.930. The maximum atomic E-state index is 4.59. The van der Waals surface area contributed by atoms with Crippen LogP contribution in [0, 0.1) is 6.92 Å². The van der Waals surface area contributed by atoms with Gasteiger partial charge < -0.3 is 5.32 Å². The van der Waals surface area contributed by atoms with E-state index in [4.69, 9.17) is 0 Å². The Bertz CT molecular complexity index is 387. The number of rotatable bonds is 2. The van der Waals surface area contributed by atoms with E-state index in [1.54, 1.807) is 0 Å². The number of hydrogen-bond donors (Lipinski definition) is 1. The molecule has 2 heterocycles. The van der Waals surface area contributed by atoms with Gasteiger partial charge in [0.1, 0.15) is 0 Å². The molecule has 1 saturated heterocycles. The number of hydrogen-bond acceptors (Lipinski definition) is 3. The average molecular weight is 233 g/mol. The number of nitrogens with zero attached hydrogens (tertiary/aromatic N) is 2. The predicted molar refractivity (Wildman–Crippen MR) is 70.9 cm³/mol. The fourth-order valence-corrected chi connectivity index (χ4v) is 2.38. The van der Waals surface area contributed by atoms with Crippen molar-refractivity contribution in [3.05, 3.63) is 29.6 Å². The zero-order valence-corrected chi connectivity index (χ0v) is 11.3. The van der Waals surface area contributed by atoms with Gasteiger partial charge in [-0.25, -0.2) is 0 Å². The Kier molecular flexibility index (Phi) is 3.50. The molecule has 3 heteroatoms. The summed E-state index contributed by atoms with van der Waals surface area (Å²) in [5.74, 6) is 0. The summed E-state index contributed by atoms with van der Waals surface area (Å²) in [6, 6.07) is 6.84. The van der Waals surface area contributed by atoms with Crippen LogP contribution in [0.25, 0.3) is 0 Å². The van der Waals surface area contributed by atoms with E-state index in [1.807, 2.05) is 0 Å². The van der Waals surface area contributed by atoms with E-state index < -0.39 is 0 Å². The smallest absolute Gasteiger partial charge is 0.0547 e. The van der Waals surface area contributed by atoms with Gasteiger partial charge in [0, 0.05) is 36.9 Å². The van der Waals surface area contributed by atoms with Crippen LogP contribution in [0.1, 0.15) is 32.2 Å². The van der Waals surface area contributed by atoms with Gasteiger partial charge in [-0.05, 0) is 39.8 Å². The van der Waals surface area contributed by atoms with Gasteiger partial charge >= 0.3 is 0 Å². The molecule has 0 aliphatic carbocycles. The molecule has 1 aliphatic rings. The number of aromatic nitrogens is 1. The van der Waals surface area contributed by atoms with E-state index in [-0.39, 0.29) is 5.54 Å². The van der Waals surface area contributed by atoms with Crippen molar-refractivity contribution < 1.29 is 0 Å². The van der Waals surface area contributed by atoms with E-state index >= 15 is 0 Å². The molecule has 0 aromatic carbocycles. The molecule has 17 heavy (non-hydrogen) atoms. The van der Waals surface area contributed by atoms with Crippen LogP contribution in [0.5, 0.6) is 0 Å². The lowest BCUT2D eigenvalue weighted by Crippen LogP contribution is -2.60. The van der Waals surface area contributed by atoms with Crippen molar-refractivity contribution in [3.8, 4) is 0 Å². The second-order valence-corrected chi connectivity index (χ2v) is 5.79. The van der Waals surface area contributed by atoms with Crippen LogP contribution >= 0.6 is 0 Å². The van der Waals surface area contributed by atoms with Gasteiger partial charge in [0.05, 0.1) is 5.69 Å². The Labute approximate surface area is 104 Å². The first-order valence-electron chi connectivity index (χ1n) is 6.38. The summed E-state index contributed by atoms with van der Waals surface area (Å²) in [4.78, 5) is 7.10. The molecule has 1 aromatic rings. The summed E-state index contributed by atoms with van der Waals surface area (Å²) in [5, 5.41) is 3.57. The lowest BCUT2D eigenvalue weighted by atomic mass is 9.99. The molecule has 2 rings (SSSR count). The van der Waals surface area contributed by atoms with Crippen molar-refractivity contribution in [1.82, 2.24) is 15.2 Å². The SMILES string of the molecule is Cc1cccc(CN2CC(C)(C)NCC2C)n1. The highest BCUT2D eigenvalue weighted by Crippen LogP contribution is 2.17. The maximum absolute atomic E-state index is 4.59. The summed E-state index contributed by atoms with van der Waals surface area (Å²) < 4.78 is 0. The van der Waals surface area contributed by atoms with Gasteiger partial charge in [-0.2, -0.15) is 0 Å². The second kappa shape index (κ2) is 4.75. The molecule has 0 bridgehead atoms. The third-order valence-electron chi connectivity index (χ3n) is 3.41. The van der Waals surface area contributed by atoms with Crippen LogP contribution in [-0.4, -0.2) is 34.6 Å². The molecule has 1 aromatic heterocycles. The molecule has 3 nitrogen and oxygen atoms in total. The number of aryl methyl sites for hydroxylation is 1. The Balaban J connectivity index is 2.06. The van der Waals surface area contributed by atoms with Crippen molar-refractivity contribution in [2.24, 2.45) is 0 Å². The second-order valence-electron chi connectivity index (χ2n) is 5.79. The molecule has 1 atom stereocenters. The molecule has 1 fully saturated rings. The molecule has 0 saturated carbocycles. The van der Waals surface area contributed by atoms with Gasteiger partial charge in [0.2, 0.25) is 0 Å². The first-order valence-corrected chi connectivity index (χ1v) is 6.38. The maximum Gasteiger partial charge on any atom is 0.0547 e. The molecular formula is C14H23N3. The molecule has 1 N–H and O–H groups in total. The van der Waals surface area contributed by atoms with Crippen molar-refractivity contribution >= 4 is 0 Å². The van der Waals surface area contributed by atoms with Gasteiger partial charge in [-0.3, -0.25) is 9.88 Å². The molecule has 0 amide bonds. The highest BCUT2D eigenvalue weighted by molar-refractivity contribution is 5.10. The van der Waals surface area contributed by atoms with Gasteiger partial charge in [0.25, 0.3) is 0 Å². The molecular weight excluding hydrogens is 210 g/mol. The van der Waals surface area contributed by atoms with Crippen LogP contribution in [0.4, 0.5) is 0 Å². The normalized spacial score (nSPS) is 24.8. The average Bonchev–Trinajstić information content (AvgIpc) is 2.23. The molecule has 1 unspecified atom stereocenters. The quantitative estimate of drug-likeness (QED) is 0.846. The van der Waals surface area contributed by atoms with Gasteiger partial charge in [0.15, 0.2) is 0 Å². The van der Waals surface area contributed by atoms with Crippen LogP contribution in [0.3, 0.4) is 0 Å². The minimum atomic E-state index is 0.205. The molecule has 0 spiro atoms. The van der Waals surface area contributed by atoms with Crippen molar-refractivity contribution in [2.45, 2.75) is 45.8 Å². The van der Waals surface area contributed by atoms with Gasteiger partial charge in [-0.1, -0.05) is 6.07 Å². The first kappa shape index (κ1) is 12.5. The van der Waals surface area contributed by atoms with Gasteiger partial charge in [-0.15, -0.1) is 0 Å². The van der Waals surface area contributed by atoms with Crippen LogP contribution in [-0.2, 0) is 6.54 Å². The highest BCUT2D eigenvalue weighted by Gasteiger charge is 2.30. The molecule has 0 radical (unpaired) electrons. The summed E-state index contributed by atoms with van der Waals surface area (Å²) in [7, 11) is 0. The minimum Gasteiger partial charge on any atom is -0.309 e. The van der Waals surface area contributed by atoms with E-state index in [2.05, 4.69) is 61.1 Å². The van der Waals surface area contributed by atoms with E-state index in [0.29, 0.717) is 6.04 Å². The van der Waals surface area contributed by atoms with Crippen molar-refractivity contribution in [1.29, 1.82) is 0 Å². The van der Waals surface area contributed by atoms with Crippen LogP contribution in [0.2, 0.25) is 0 Å². The van der Waals surface area contributed by atoms with E-state index in [1.165, 1.54) is 5.69 Å². The Morgan fingerprint density at radius 2 is 2.24 bits per heavy atom. The molecule has 94 valence electrons. The fourth-order valence-electron chi connectivity index (χ4n) is 2.38. The lowest BCUT2D eigenvalue weighted by molar-refractivity contribution is 0.0965. The summed E-state index contributed by atoms with van der Waals surface area (Å²) in [6.07, 6.45) is 0. The zero-order valence-electron chi connectivity index (χ0n) is 11.3. The topological polar surface area (TPSA) is 28.2 Å². The van der Waals surface area contributed by atoms with Crippen molar-refractivity contribution in [3.63, 3.8) is 0 Å². The number of nitrogens with one attached hydrogen (secondary N) is 1.